The molecule has 2 N–H and O–H groups in total. The van der Waals surface area contributed by atoms with E-state index in [-0.39, 0.29) is 18.6 Å². The lowest BCUT2D eigenvalue weighted by Crippen LogP contribution is -2.21. The molecule has 0 saturated carbocycles. The highest BCUT2D eigenvalue weighted by atomic mass is 16.5. The van der Waals surface area contributed by atoms with E-state index in [1.807, 2.05) is 13.8 Å². The molecule has 0 heterocycles. The van der Waals surface area contributed by atoms with Crippen LogP contribution >= 0.6 is 0 Å². The van der Waals surface area contributed by atoms with Crippen LogP contribution in [0.25, 0.3) is 0 Å². The maximum atomic E-state index is 10.5. The summed E-state index contributed by atoms with van der Waals surface area (Å²) in [7, 11) is 0. The first-order valence-electron chi connectivity index (χ1n) is 3.60. The molecule has 60 valence electrons. The van der Waals surface area contributed by atoms with E-state index in [0.717, 1.165) is 12.8 Å². The molecule has 0 aromatic heterocycles. The average Bonchev–Trinajstić information content (AvgIpc) is 1.88. The molecule has 0 aliphatic rings. The van der Waals surface area contributed by atoms with Gasteiger partial charge in [0.15, 0.2) is 0 Å². The van der Waals surface area contributed by atoms with Gasteiger partial charge in [0.1, 0.15) is 0 Å². The number of ether oxygens (including phenoxy) is 1. The van der Waals surface area contributed by atoms with Crippen LogP contribution in [-0.4, -0.2) is 18.6 Å². The van der Waals surface area contributed by atoms with Gasteiger partial charge < -0.3 is 10.5 Å². The van der Waals surface area contributed by atoms with Crippen LogP contribution in [0, 0.1) is 0 Å². The van der Waals surface area contributed by atoms with Crippen molar-refractivity contribution in [3.63, 3.8) is 0 Å². The van der Waals surface area contributed by atoms with Crippen molar-refractivity contribution in [2.24, 2.45) is 5.73 Å². The standard InChI is InChI=1S/C7H15NO2/c1-3-4-6(2)10-7(9)5-8/h6H,3-5,8H2,1-2H3/t6-/m1/s1. The molecule has 0 rings (SSSR count). The number of rotatable bonds is 4. The molecule has 1 atom stereocenters. The second-order valence-electron chi connectivity index (χ2n) is 2.29. The molecule has 0 fully saturated rings. The summed E-state index contributed by atoms with van der Waals surface area (Å²) in [6, 6.07) is 0. The molecule has 0 spiro atoms. The number of hydrogen-bond donors (Lipinski definition) is 1. The summed E-state index contributed by atoms with van der Waals surface area (Å²) in [5.74, 6) is -0.319. The van der Waals surface area contributed by atoms with Gasteiger partial charge in [-0.3, -0.25) is 4.79 Å². The Balaban J connectivity index is 3.37. The lowest BCUT2D eigenvalue weighted by Gasteiger charge is -2.10. The van der Waals surface area contributed by atoms with E-state index in [1.165, 1.54) is 0 Å². The Morgan fingerprint density at radius 3 is 2.70 bits per heavy atom. The van der Waals surface area contributed by atoms with Crippen LogP contribution in [0.3, 0.4) is 0 Å². The number of hydrogen-bond acceptors (Lipinski definition) is 3. The van der Waals surface area contributed by atoms with Crippen LogP contribution < -0.4 is 5.73 Å². The first kappa shape index (κ1) is 9.43. The molecule has 3 nitrogen and oxygen atoms in total. The van der Waals surface area contributed by atoms with Crippen molar-refractivity contribution >= 4 is 5.97 Å². The Morgan fingerprint density at radius 1 is 1.70 bits per heavy atom. The van der Waals surface area contributed by atoms with Gasteiger partial charge >= 0.3 is 5.97 Å². The fourth-order valence-electron chi connectivity index (χ4n) is 0.738. The molecule has 10 heavy (non-hydrogen) atoms. The summed E-state index contributed by atoms with van der Waals surface area (Å²) in [5.41, 5.74) is 5.04. The predicted octanol–water partition coefficient (Wildman–Crippen LogP) is 0.677. The van der Waals surface area contributed by atoms with Crippen molar-refractivity contribution in [1.29, 1.82) is 0 Å². The maximum absolute atomic E-state index is 10.5. The number of nitrogens with two attached hydrogens (primary N) is 1. The summed E-state index contributed by atoms with van der Waals surface area (Å²) in [5, 5.41) is 0. The Kier molecular flexibility index (Phi) is 4.94. The van der Waals surface area contributed by atoms with Gasteiger partial charge in [0.25, 0.3) is 0 Å². The molecular weight excluding hydrogens is 130 g/mol. The third kappa shape index (κ3) is 4.32. The fourth-order valence-corrected chi connectivity index (χ4v) is 0.738. The van der Waals surface area contributed by atoms with E-state index in [4.69, 9.17) is 10.5 Å². The summed E-state index contributed by atoms with van der Waals surface area (Å²) < 4.78 is 4.88. The molecule has 0 aromatic rings. The smallest absolute Gasteiger partial charge is 0.319 e. The van der Waals surface area contributed by atoms with Crippen LogP contribution in [0.4, 0.5) is 0 Å². The minimum absolute atomic E-state index is 0.0149. The van der Waals surface area contributed by atoms with Crippen molar-refractivity contribution < 1.29 is 9.53 Å². The summed E-state index contributed by atoms with van der Waals surface area (Å²) in [6.45, 7) is 3.90. The molecule has 3 heteroatoms. The van der Waals surface area contributed by atoms with E-state index >= 15 is 0 Å². The highest BCUT2D eigenvalue weighted by Crippen LogP contribution is 1.99. The highest BCUT2D eigenvalue weighted by Gasteiger charge is 2.04. The second kappa shape index (κ2) is 5.23. The number of esters is 1. The minimum atomic E-state index is -0.319. The van der Waals surface area contributed by atoms with Gasteiger partial charge in [0.2, 0.25) is 0 Å². The quantitative estimate of drug-likeness (QED) is 0.592. The molecule has 0 amide bonds. The van der Waals surface area contributed by atoms with Crippen molar-refractivity contribution in [2.75, 3.05) is 6.54 Å². The van der Waals surface area contributed by atoms with Gasteiger partial charge in [-0.05, 0) is 13.3 Å². The zero-order chi connectivity index (χ0) is 7.98. The molecule has 0 bridgehead atoms. The Morgan fingerprint density at radius 2 is 2.30 bits per heavy atom. The lowest BCUT2D eigenvalue weighted by atomic mass is 10.2. The van der Waals surface area contributed by atoms with Crippen molar-refractivity contribution in [1.82, 2.24) is 0 Å². The first-order chi connectivity index (χ1) is 4.70. The van der Waals surface area contributed by atoms with Gasteiger partial charge in [-0.2, -0.15) is 0 Å². The molecule has 0 unspecified atom stereocenters. The Hall–Kier alpha value is -0.570. The molecule has 0 aliphatic heterocycles. The van der Waals surface area contributed by atoms with E-state index in [2.05, 4.69) is 0 Å². The van der Waals surface area contributed by atoms with E-state index in [9.17, 15) is 4.79 Å². The normalized spacial score (nSPS) is 12.7. The summed E-state index contributed by atoms with van der Waals surface area (Å²) >= 11 is 0. The summed E-state index contributed by atoms with van der Waals surface area (Å²) in [6.07, 6.45) is 1.95. The molecule has 0 radical (unpaired) electrons. The van der Waals surface area contributed by atoms with Gasteiger partial charge in [0, 0.05) is 0 Å². The highest BCUT2D eigenvalue weighted by molar-refractivity contribution is 5.71. The Bertz CT molecular complexity index is 104. The van der Waals surface area contributed by atoms with Crippen LogP contribution in [0.15, 0.2) is 0 Å². The Labute approximate surface area is 61.5 Å². The van der Waals surface area contributed by atoms with Crippen LogP contribution in [0.2, 0.25) is 0 Å². The predicted molar refractivity (Wildman–Crippen MR) is 39.5 cm³/mol. The van der Waals surface area contributed by atoms with Crippen molar-refractivity contribution in [3.05, 3.63) is 0 Å². The molecular formula is C7H15NO2. The van der Waals surface area contributed by atoms with Crippen molar-refractivity contribution in [3.8, 4) is 0 Å². The zero-order valence-corrected chi connectivity index (χ0v) is 6.59. The van der Waals surface area contributed by atoms with Crippen LogP contribution in [0.1, 0.15) is 26.7 Å². The second-order valence-corrected chi connectivity index (χ2v) is 2.29. The third-order valence-corrected chi connectivity index (χ3v) is 1.19. The van der Waals surface area contributed by atoms with Gasteiger partial charge in [-0.1, -0.05) is 13.3 Å². The van der Waals surface area contributed by atoms with Gasteiger partial charge in [0.05, 0.1) is 12.6 Å². The van der Waals surface area contributed by atoms with E-state index in [0.29, 0.717) is 0 Å². The molecule has 0 aromatic carbocycles. The summed E-state index contributed by atoms with van der Waals surface area (Å²) in [4.78, 5) is 10.5. The van der Waals surface area contributed by atoms with Crippen LogP contribution in [0.5, 0.6) is 0 Å². The fraction of sp³-hybridized carbons (Fsp3) is 0.857. The number of carbonyl (C=O) groups excluding carboxylic acids is 1. The maximum Gasteiger partial charge on any atom is 0.319 e. The minimum Gasteiger partial charge on any atom is -0.462 e. The monoisotopic (exact) mass is 145 g/mol. The SMILES string of the molecule is CCC[C@@H](C)OC(=O)CN. The van der Waals surface area contributed by atoms with Crippen LogP contribution in [-0.2, 0) is 9.53 Å². The van der Waals surface area contributed by atoms with Crippen molar-refractivity contribution in [2.45, 2.75) is 32.8 Å². The topological polar surface area (TPSA) is 52.3 Å². The zero-order valence-electron chi connectivity index (χ0n) is 6.59. The van der Waals surface area contributed by atoms with E-state index in [1.54, 1.807) is 0 Å². The number of carbonyl (C=O) groups is 1. The van der Waals surface area contributed by atoms with Gasteiger partial charge in [-0.15, -0.1) is 0 Å². The lowest BCUT2D eigenvalue weighted by molar-refractivity contribution is -0.146. The molecule has 0 aliphatic carbocycles. The first-order valence-corrected chi connectivity index (χ1v) is 3.60. The largest absolute Gasteiger partial charge is 0.462 e. The third-order valence-electron chi connectivity index (χ3n) is 1.19. The molecule has 0 saturated heterocycles. The van der Waals surface area contributed by atoms with Gasteiger partial charge in [-0.25, -0.2) is 0 Å². The van der Waals surface area contributed by atoms with E-state index < -0.39 is 0 Å². The average molecular weight is 145 g/mol.